The maximum atomic E-state index is 11.7. The molecule has 0 fully saturated rings. The van der Waals surface area contributed by atoms with Gasteiger partial charge in [0.2, 0.25) is 5.91 Å². The lowest BCUT2D eigenvalue weighted by atomic mass is 10.1. The van der Waals surface area contributed by atoms with Crippen LogP contribution in [0.5, 0.6) is 0 Å². The molecule has 0 aliphatic heterocycles. The zero-order chi connectivity index (χ0) is 15.3. The van der Waals surface area contributed by atoms with E-state index in [1.807, 2.05) is 0 Å². The normalized spacial score (nSPS) is 11.6. The summed E-state index contributed by atoms with van der Waals surface area (Å²) in [7, 11) is 0. The highest BCUT2D eigenvalue weighted by atomic mass is 32.1. The molecule has 1 heterocycles. The molecule has 1 aromatic heterocycles. The molecule has 0 bridgehead atoms. The number of amides is 2. The van der Waals surface area contributed by atoms with Crippen LogP contribution >= 0.6 is 11.3 Å². The fourth-order valence-electron chi connectivity index (χ4n) is 1.33. The predicted molar refractivity (Wildman–Crippen MR) is 68.3 cm³/mol. The van der Waals surface area contributed by atoms with Crippen LogP contribution in [0, 0.1) is 10.1 Å². The average Bonchev–Trinajstić information content (AvgIpc) is 2.83. The van der Waals surface area contributed by atoms with Crippen molar-refractivity contribution in [2.45, 2.75) is 18.9 Å². The summed E-state index contributed by atoms with van der Waals surface area (Å²) in [5.41, 5.74) is 4.89. The van der Waals surface area contributed by atoms with Gasteiger partial charge in [-0.3, -0.25) is 19.7 Å². The first kappa shape index (κ1) is 15.6. The van der Waals surface area contributed by atoms with E-state index < -0.39 is 28.7 Å². The Bertz CT molecular complexity index is 555. The summed E-state index contributed by atoms with van der Waals surface area (Å²) in [5.74, 6) is -2.76. The molecule has 20 heavy (non-hydrogen) atoms. The zero-order valence-electron chi connectivity index (χ0n) is 10.1. The van der Waals surface area contributed by atoms with E-state index >= 15 is 0 Å². The second kappa shape index (κ2) is 6.61. The van der Waals surface area contributed by atoms with Gasteiger partial charge in [-0.05, 0) is 6.42 Å². The van der Waals surface area contributed by atoms with E-state index in [-0.39, 0.29) is 23.4 Å². The van der Waals surface area contributed by atoms with Crippen LogP contribution in [0.25, 0.3) is 0 Å². The number of thiophene rings is 1. The SMILES string of the molecule is NC(=O)CC[C@H](NC(=O)c1csc([N+](=O)[O-])c1)C(=O)O. The number of carboxylic acids is 1. The maximum Gasteiger partial charge on any atom is 0.326 e. The predicted octanol–water partition coefficient (Wildman–Crippen LogP) is 0.105. The Morgan fingerprint density at radius 1 is 1.50 bits per heavy atom. The van der Waals surface area contributed by atoms with Crippen molar-refractivity contribution in [1.29, 1.82) is 0 Å². The summed E-state index contributed by atoms with van der Waals surface area (Å²) >= 11 is 0.758. The van der Waals surface area contributed by atoms with E-state index in [1.165, 1.54) is 5.38 Å². The second-order valence-electron chi connectivity index (χ2n) is 3.80. The molecule has 2 amide bonds. The summed E-state index contributed by atoms with van der Waals surface area (Å²) in [6, 6.07) is -0.235. The fraction of sp³-hybridized carbons (Fsp3) is 0.300. The van der Waals surface area contributed by atoms with Gasteiger partial charge >= 0.3 is 11.0 Å². The number of nitrogens with zero attached hydrogens (tertiary/aromatic N) is 1. The number of primary amides is 1. The van der Waals surface area contributed by atoms with Gasteiger partial charge in [0, 0.05) is 17.9 Å². The Balaban J connectivity index is 2.72. The van der Waals surface area contributed by atoms with Crippen LogP contribution in [-0.2, 0) is 9.59 Å². The number of aliphatic carboxylic acids is 1. The third-order valence-corrected chi connectivity index (χ3v) is 3.19. The zero-order valence-corrected chi connectivity index (χ0v) is 10.9. The third-order valence-electron chi connectivity index (χ3n) is 2.31. The number of rotatable bonds is 7. The van der Waals surface area contributed by atoms with Gasteiger partial charge in [0.1, 0.15) is 6.04 Å². The molecule has 0 saturated heterocycles. The van der Waals surface area contributed by atoms with Gasteiger partial charge in [-0.1, -0.05) is 11.3 Å². The Hall–Kier alpha value is -2.49. The van der Waals surface area contributed by atoms with Crippen LogP contribution in [0.3, 0.4) is 0 Å². The molecule has 0 aromatic carbocycles. The van der Waals surface area contributed by atoms with Gasteiger partial charge in [-0.15, -0.1) is 0 Å². The topological polar surface area (TPSA) is 153 Å². The maximum absolute atomic E-state index is 11.7. The molecule has 4 N–H and O–H groups in total. The van der Waals surface area contributed by atoms with E-state index in [4.69, 9.17) is 10.8 Å². The lowest BCUT2D eigenvalue weighted by molar-refractivity contribution is -0.380. The third kappa shape index (κ3) is 4.31. The Labute approximate surface area is 116 Å². The molecule has 0 aliphatic rings. The van der Waals surface area contributed by atoms with E-state index in [0.717, 1.165) is 17.4 Å². The highest BCUT2D eigenvalue weighted by Gasteiger charge is 2.23. The molecule has 0 unspecified atom stereocenters. The van der Waals surface area contributed by atoms with Crippen molar-refractivity contribution in [2.24, 2.45) is 5.73 Å². The highest BCUT2D eigenvalue weighted by Crippen LogP contribution is 2.22. The van der Waals surface area contributed by atoms with Crippen LogP contribution in [-0.4, -0.2) is 33.9 Å². The first-order chi connectivity index (χ1) is 9.31. The van der Waals surface area contributed by atoms with E-state index in [1.54, 1.807) is 0 Å². The van der Waals surface area contributed by atoms with Gasteiger partial charge in [-0.2, -0.15) is 0 Å². The molecule has 0 spiro atoms. The monoisotopic (exact) mass is 301 g/mol. The number of hydrogen-bond donors (Lipinski definition) is 3. The number of nitro groups is 1. The van der Waals surface area contributed by atoms with Crippen LogP contribution in [0.1, 0.15) is 23.2 Å². The molecule has 0 radical (unpaired) electrons. The molecule has 108 valence electrons. The minimum Gasteiger partial charge on any atom is -0.480 e. The molecule has 0 saturated carbocycles. The average molecular weight is 301 g/mol. The number of hydrogen-bond acceptors (Lipinski definition) is 6. The minimum atomic E-state index is -1.32. The van der Waals surface area contributed by atoms with E-state index in [9.17, 15) is 24.5 Å². The molecule has 0 aliphatic carbocycles. The number of carbonyl (C=O) groups is 3. The van der Waals surface area contributed by atoms with Crippen molar-refractivity contribution >= 4 is 34.1 Å². The van der Waals surface area contributed by atoms with Crippen LogP contribution in [0.2, 0.25) is 0 Å². The van der Waals surface area contributed by atoms with E-state index in [2.05, 4.69) is 5.32 Å². The van der Waals surface area contributed by atoms with Crippen LogP contribution in [0.4, 0.5) is 5.00 Å². The van der Waals surface area contributed by atoms with Gasteiger partial charge in [0.15, 0.2) is 0 Å². The molecular weight excluding hydrogens is 290 g/mol. The summed E-state index contributed by atoms with van der Waals surface area (Å²) in [6.07, 6.45) is -0.344. The molecule has 1 aromatic rings. The van der Waals surface area contributed by atoms with Crippen molar-refractivity contribution in [3.05, 3.63) is 27.1 Å². The Kier molecular flexibility index (Phi) is 5.15. The van der Waals surface area contributed by atoms with Crippen molar-refractivity contribution in [1.82, 2.24) is 5.32 Å². The van der Waals surface area contributed by atoms with E-state index in [0.29, 0.717) is 0 Å². The van der Waals surface area contributed by atoms with Crippen molar-refractivity contribution in [3.8, 4) is 0 Å². The molecular formula is C10H11N3O6S. The Morgan fingerprint density at radius 3 is 2.60 bits per heavy atom. The summed E-state index contributed by atoms with van der Waals surface area (Å²) in [6.45, 7) is 0. The largest absolute Gasteiger partial charge is 0.480 e. The van der Waals surface area contributed by atoms with Gasteiger partial charge < -0.3 is 16.2 Å². The molecule has 1 atom stereocenters. The van der Waals surface area contributed by atoms with Gasteiger partial charge in [-0.25, -0.2) is 4.79 Å². The summed E-state index contributed by atoms with van der Waals surface area (Å²) in [5, 5.41) is 22.6. The standard InChI is InChI=1S/C10H11N3O6S/c11-7(14)2-1-6(10(16)17)12-9(15)5-3-8(13(18)19)20-4-5/h3-4,6H,1-2H2,(H2,11,14)(H,12,15)(H,16,17)/t6-/m0/s1. The van der Waals surface area contributed by atoms with Crippen LogP contribution in [0.15, 0.2) is 11.4 Å². The number of carbonyl (C=O) groups excluding carboxylic acids is 2. The quantitative estimate of drug-likeness (QED) is 0.479. The van der Waals surface area contributed by atoms with Crippen molar-refractivity contribution in [2.75, 3.05) is 0 Å². The highest BCUT2D eigenvalue weighted by molar-refractivity contribution is 7.13. The summed E-state index contributed by atoms with van der Waals surface area (Å²) in [4.78, 5) is 43.1. The number of carboxylic acid groups (broad SMARTS) is 1. The van der Waals surface area contributed by atoms with Crippen molar-refractivity contribution < 1.29 is 24.4 Å². The molecule has 9 nitrogen and oxygen atoms in total. The first-order valence-corrected chi connectivity index (χ1v) is 6.24. The second-order valence-corrected chi connectivity index (χ2v) is 4.69. The molecule has 1 rings (SSSR count). The lowest BCUT2D eigenvalue weighted by Gasteiger charge is -2.12. The Morgan fingerprint density at radius 2 is 2.15 bits per heavy atom. The van der Waals surface area contributed by atoms with Gasteiger partial charge in [0.05, 0.1) is 10.5 Å². The smallest absolute Gasteiger partial charge is 0.326 e. The van der Waals surface area contributed by atoms with Gasteiger partial charge in [0.25, 0.3) is 5.91 Å². The number of nitrogens with one attached hydrogen (secondary N) is 1. The fourth-order valence-corrected chi connectivity index (χ4v) is 2.03. The van der Waals surface area contributed by atoms with Crippen molar-refractivity contribution in [3.63, 3.8) is 0 Å². The minimum absolute atomic E-state index is 0.00738. The summed E-state index contributed by atoms with van der Waals surface area (Å²) < 4.78 is 0. The van der Waals surface area contributed by atoms with Crippen LogP contribution < -0.4 is 11.1 Å². The number of nitrogens with two attached hydrogens (primary N) is 1. The molecule has 10 heteroatoms. The first-order valence-electron chi connectivity index (χ1n) is 5.36. The lowest BCUT2D eigenvalue weighted by Crippen LogP contribution is -2.41.